The highest BCUT2D eigenvalue weighted by molar-refractivity contribution is 8.11. The van der Waals surface area contributed by atoms with Crippen molar-refractivity contribution in [3.8, 4) is 0 Å². The van der Waals surface area contributed by atoms with E-state index in [1.165, 1.54) is 6.07 Å². The summed E-state index contributed by atoms with van der Waals surface area (Å²) in [6, 6.07) is 28.4. The second-order valence-corrected chi connectivity index (χ2v) is 11.0. The first-order valence-electron chi connectivity index (χ1n) is 14.3. The number of nitrogens with zero attached hydrogens (tertiary/aromatic N) is 1. The number of rotatable bonds is 12. The Labute approximate surface area is 270 Å². The molecule has 0 radical (unpaired) electrons. The van der Waals surface area contributed by atoms with E-state index in [1.54, 1.807) is 91.0 Å². The van der Waals surface area contributed by atoms with Gasteiger partial charge >= 0.3 is 0 Å². The largest absolute Gasteiger partial charge is 0.368 e. The van der Waals surface area contributed by atoms with Gasteiger partial charge in [0.05, 0.1) is 12.8 Å². The van der Waals surface area contributed by atoms with Crippen molar-refractivity contribution in [2.45, 2.75) is 31.5 Å². The zero-order valence-corrected chi connectivity index (χ0v) is 25.6. The highest BCUT2D eigenvalue weighted by Crippen LogP contribution is 2.27. The molecule has 12 heteroatoms. The number of nitrogens with two attached hydrogens (primary N) is 3. The van der Waals surface area contributed by atoms with Crippen LogP contribution in [0.5, 0.6) is 0 Å². The van der Waals surface area contributed by atoms with Gasteiger partial charge in [-0.3, -0.25) is 34.0 Å². The molecule has 4 rings (SSSR count). The van der Waals surface area contributed by atoms with E-state index >= 15 is 0 Å². The zero-order chi connectivity index (χ0) is 33.1. The van der Waals surface area contributed by atoms with Crippen molar-refractivity contribution in [1.29, 1.82) is 0 Å². The summed E-state index contributed by atoms with van der Waals surface area (Å²) in [7, 11) is 0. The highest BCUT2D eigenvalue weighted by Gasteiger charge is 2.36. The van der Waals surface area contributed by atoms with Crippen LogP contribution in [-0.4, -0.2) is 33.8 Å². The molecular formula is C34H34N6O5S. The number of carbonyl (C=O) groups excluding carboxylic acids is 5. The fraction of sp³-hybridized carbons (Fsp3) is 0.147. The SMILES string of the molecule is NSC(=O)Nc1cccc(C(C(=O)NCc2ccc(C(N)C(N)=O)cc2)N(C(=O)Cc2ccccc2)C(=O)Cc2ccccc2)c1. The molecule has 0 spiro atoms. The lowest BCUT2D eigenvalue weighted by atomic mass is 10.00. The van der Waals surface area contributed by atoms with Gasteiger partial charge in [-0.2, -0.15) is 0 Å². The molecule has 8 N–H and O–H groups in total. The Morgan fingerprint density at radius 2 is 1.26 bits per heavy atom. The van der Waals surface area contributed by atoms with Gasteiger partial charge < -0.3 is 22.1 Å². The third-order valence-corrected chi connectivity index (χ3v) is 7.42. The topological polar surface area (TPSA) is 191 Å². The lowest BCUT2D eigenvalue weighted by Gasteiger charge is -2.30. The number of primary amides is 1. The van der Waals surface area contributed by atoms with Crippen molar-refractivity contribution in [2.24, 2.45) is 16.6 Å². The summed E-state index contributed by atoms with van der Waals surface area (Å²) in [5.74, 6) is -2.46. The maximum atomic E-state index is 14.1. The number of hydrogen-bond donors (Lipinski definition) is 5. The Kier molecular flexibility index (Phi) is 11.8. The maximum Gasteiger partial charge on any atom is 0.298 e. The van der Waals surface area contributed by atoms with Gasteiger partial charge in [-0.05, 0) is 39.9 Å². The molecule has 4 aromatic carbocycles. The third kappa shape index (κ3) is 9.11. The molecule has 0 aromatic heterocycles. The molecule has 0 aliphatic heterocycles. The molecule has 11 nitrogen and oxygen atoms in total. The first-order valence-corrected chi connectivity index (χ1v) is 15.2. The van der Waals surface area contributed by atoms with E-state index in [9.17, 15) is 24.0 Å². The smallest absolute Gasteiger partial charge is 0.298 e. The third-order valence-electron chi connectivity index (χ3n) is 7.11. The number of amides is 5. The number of benzene rings is 4. The van der Waals surface area contributed by atoms with Crippen molar-refractivity contribution >= 4 is 46.5 Å². The van der Waals surface area contributed by atoms with Crippen molar-refractivity contribution in [3.05, 3.63) is 137 Å². The lowest BCUT2D eigenvalue weighted by Crippen LogP contribution is -2.48. The predicted molar refractivity (Wildman–Crippen MR) is 177 cm³/mol. The summed E-state index contributed by atoms with van der Waals surface area (Å²) in [6.07, 6.45) is -0.264. The van der Waals surface area contributed by atoms with Gasteiger partial charge in [-0.1, -0.05) is 97.1 Å². The van der Waals surface area contributed by atoms with Crippen molar-refractivity contribution in [3.63, 3.8) is 0 Å². The molecule has 0 aliphatic rings. The van der Waals surface area contributed by atoms with E-state index in [4.69, 9.17) is 16.6 Å². The quantitative estimate of drug-likeness (QED) is 0.146. The minimum absolute atomic E-state index is 0.0370. The Bertz CT molecular complexity index is 1630. The summed E-state index contributed by atoms with van der Waals surface area (Å²) in [6.45, 7) is 0.0370. The number of carbonyl (C=O) groups is 5. The van der Waals surface area contributed by atoms with Crippen molar-refractivity contribution in [2.75, 3.05) is 5.32 Å². The fourth-order valence-electron chi connectivity index (χ4n) is 4.78. The van der Waals surface area contributed by atoms with Crippen LogP contribution in [-0.2, 0) is 38.6 Å². The highest BCUT2D eigenvalue weighted by atomic mass is 32.2. The number of imide groups is 1. The van der Waals surface area contributed by atoms with E-state index in [2.05, 4.69) is 10.6 Å². The van der Waals surface area contributed by atoms with E-state index in [1.807, 2.05) is 12.1 Å². The minimum Gasteiger partial charge on any atom is -0.368 e. The van der Waals surface area contributed by atoms with E-state index in [-0.39, 0.29) is 19.4 Å². The van der Waals surface area contributed by atoms with Crippen LogP contribution in [0.4, 0.5) is 10.5 Å². The number of nitrogens with one attached hydrogen (secondary N) is 2. The Morgan fingerprint density at radius 1 is 0.696 bits per heavy atom. The fourth-order valence-corrected chi connectivity index (χ4v) is 4.96. The average Bonchev–Trinajstić information content (AvgIpc) is 3.06. The Hall–Kier alpha value is -5.30. The summed E-state index contributed by atoms with van der Waals surface area (Å²) >= 11 is 0.487. The zero-order valence-electron chi connectivity index (χ0n) is 24.8. The van der Waals surface area contributed by atoms with Crippen molar-refractivity contribution < 1.29 is 24.0 Å². The predicted octanol–water partition coefficient (Wildman–Crippen LogP) is 3.51. The van der Waals surface area contributed by atoms with Crippen LogP contribution in [0.15, 0.2) is 109 Å². The van der Waals surface area contributed by atoms with E-state index < -0.39 is 41.0 Å². The molecule has 2 atom stereocenters. The molecule has 2 unspecified atom stereocenters. The van der Waals surface area contributed by atoms with Crippen LogP contribution < -0.4 is 27.2 Å². The summed E-state index contributed by atoms with van der Waals surface area (Å²) in [5.41, 5.74) is 14.3. The van der Waals surface area contributed by atoms with Crippen LogP contribution in [0.1, 0.15) is 39.9 Å². The van der Waals surface area contributed by atoms with E-state index in [0.29, 0.717) is 45.5 Å². The first-order chi connectivity index (χ1) is 22.2. The van der Waals surface area contributed by atoms with Gasteiger partial charge in [0, 0.05) is 24.2 Å². The standard InChI is InChI=1S/C34H34N6O5S/c35-30(32(36)43)25-16-14-24(15-17-25)21-38-33(44)31(26-12-7-13-27(20-26)39-34(45)46-37)40(28(41)18-22-8-3-1-4-9-22)29(42)19-23-10-5-2-6-11-23/h1-17,20,30-31H,18-19,21,35,37H2,(H2,36,43)(H,38,44)(H,39,45). The second kappa shape index (κ2) is 16.1. The molecule has 4 aromatic rings. The normalized spacial score (nSPS) is 12.0. The molecular weight excluding hydrogens is 604 g/mol. The van der Waals surface area contributed by atoms with Crippen LogP contribution in [0.3, 0.4) is 0 Å². The molecule has 46 heavy (non-hydrogen) atoms. The molecule has 5 amide bonds. The molecule has 0 saturated heterocycles. The maximum absolute atomic E-state index is 14.1. The molecule has 0 heterocycles. The van der Waals surface area contributed by atoms with Crippen molar-refractivity contribution in [1.82, 2.24) is 10.2 Å². The summed E-state index contributed by atoms with van der Waals surface area (Å²) in [4.78, 5) is 66.5. The lowest BCUT2D eigenvalue weighted by molar-refractivity contribution is -0.152. The van der Waals surface area contributed by atoms with Crippen LogP contribution in [0.25, 0.3) is 0 Å². The molecule has 0 bridgehead atoms. The van der Waals surface area contributed by atoms with Gasteiger partial charge in [0.2, 0.25) is 23.6 Å². The monoisotopic (exact) mass is 638 g/mol. The first kappa shape index (κ1) is 33.6. The minimum atomic E-state index is -1.39. The average molecular weight is 639 g/mol. The molecule has 0 fully saturated rings. The summed E-state index contributed by atoms with van der Waals surface area (Å²) < 4.78 is 0. The Balaban J connectivity index is 1.71. The van der Waals surface area contributed by atoms with Gasteiger partial charge in [-0.25, -0.2) is 0 Å². The molecule has 0 saturated carbocycles. The van der Waals surface area contributed by atoms with Gasteiger partial charge in [0.1, 0.15) is 12.1 Å². The molecule has 0 aliphatic carbocycles. The number of hydrogen-bond acceptors (Lipinski definition) is 8. The number of anilines is 1. The van der Waals surface area contributed by atoms with Crippen LogP contribution in [0, 0.1) is 0 Å². The van der Waals surface area contributed by atoms with Gasteiger partial charge in [0.15, 0.2) is 0 Å². The van der Waals surface area contributed by atoms with Gasteiger partial charge in [-0.15, -0.1) is 0 Å². The second-order valence-electron chi connectivity index (χ2n) is 10.4. The Morgan fingerprint density at radius 3 is 1.78 bits per heavy atom. The van der Waals surface area contributed by atoms with E-state index in [0.717, 1.165) is 4.90 Å². The summed E-state index contributed by atoms with van der Waals surface area (Å²) in [5, 5.41) is 10.3. The van der Waals surface area contributed by atoms with Gasteiger partial charge in [0.25, 0.3) is 5.24 Å². The van der Waals surface area contributed by atoms with Crippen LogP contribution in [0.2, 0.25) is 0 Å². The molecule has 236 valence electrons. The van der Waals surface area contributed by atoms with Crippen LogP contribution >= 0.6 is 11.9 Å².